The number of amides is 1. The number of carbonyl (C=O) groups excluding carboxylic acids is 1. The molecular weight excluding hydrogens is 433 g/mol. The highest BCUT2D eigenvalue weighted by Crippen LogP contribution is 2.39. The maximum absolute atomic E-state index is 15.1. The summed E-state index contributed by atoms with van der Waals surface area (Å²) in [6.45, 7) is 5.80. The number of benzene rings is 2. The summed E-state index contributed by atoms with van der Waals surface area (Å²) in [5, 5.41) is 2.99. The quantitative estimate of drug-likeness (QED) is 0.285. The van der Waals surface area contributed by atoms with Gasteiger partial charge in [0, 0.05) is 11.6 Å². The Balaban J connectivity index is 1.32. The topological polar surface area (TPSA) is 29.1 Å². The highest BCUT2D eigenvalue weighted by molar-refractivity contribution is 5.87. The predicted octanol–water partition coefficient (Wildman–Crippen LogP) is 8.68. The van der Waals surface area contributed by atoms with E-state index >= 15 is 4.39 Å². The van der Waals surface area contributed by atoms with Gasteiger partial charge < -0.3 is 5.32 Å². The molecule has 2 aromatic rings. The van der Waals surface area contributed by atoms with Gasteiger partial charge in [0.25, 0.3) is 0 Å². The second kappa shape index (κ2) is 12.5. The van der Waals surface area contributed by atoms with Gasteiger partial charge in [0.2, 0.25) is 5.91 Å². The second-order valence-corrected chi connectivity index (χ2v) is 10.8. The molecule has 0 spiro atoms. The first-order valence-electron chi connectivity index (χ1n) is 13.9. The van der Waals surface area contributed by atoms with Crippen LogP contribution in [0.1, 0.15) is 107 Å². The fourth-order valence-corrected chi connectivity index (χ4v) is 6.25. The van der Waals surface area contributed by atoms with Crippen molar-refractivity contribution in [2.24, 2.45) is 5.92 Å². The molecule has 2 fully saturated rings. The van der Waals surface area contributed by atoms with Gasteiger partial charge in [-0.15, -0.1) is 0 Å². The van der Waals surface area contributed by atoms with Crippen LogP contribution in [-0.4, -0.2) is 11.9 Å². The second-order valence-electron chi connectivity index (χ2n) is 10.8. The van der Waals surface area contributed by atoms with Crippen LogP contribution < -0.4 is 5.32 Å². The summed E-state index contributed by atoms with van der Waals surface area (Å²) >= 11 is 0. The highest BCUT2D eigenvalue weighted by atomic mass is 19.1. The van der Waals surface area contributed by atoms with Crippen molar-refractivity contribution in [2.75, 3.05) is 0 Å². The summed E-state index contributed by atoms with van der Waals surface area (Å²) in [6, 6.07) is 14.6. The number of unbranched alkanes of at least 4 members (excludes halogenated alkanes) is 2. The molecule has 2 saturated carbocycles. The first kappa shape index (κ1) is 25.7. The number of hydrogen-bond acceptors (Lipinski definition) is 1. The number of nitrogens with one attached hydrogen (secondary N) is 1. The molecule has 1 N–H and O–H groups in total. The normalized spacial score (nSPS) is 24.6. The van der Waals surface area contributed by atoms with E-state index in [1.54, 1.807) is 6.07 Å². The van der Waals surface area contributed by atoms with Crippen molar-refractivity contribution in [1.29, 1.82) is 0 Å². The van der Waals surface area contributed by atoms with E-state index in [4.69, 9.17) is 0 Å². The molecule has 0 aromatic heterocycles. The molecule has 1 amide bonds. The van der Waals surface area contributed by atoms with Gasteiger partial charge in [-0.2, -0.15) is 0 Å². The van der Waals surface area contributed by atoms with Gasteiger partial charge in [0.1, 0.15) is 5.82 Å². The van der Waals surface area contributed by atoms with Crippen molar-refractivity contribution in [1.82, 2.24) is 5.32 Å². The Bertz CT molecular complexity index is 966. The molecule has 2 aliphatic rings. The van der Waals surface area contributed by atoms with Crippen LogP contribution in [0.5, 0.6) is 0 Å². The van der Waals surface area contributed by atoms with Crippen molar-refractivity contribution < 1.29 is 9.18 Å². The lowest BCUT2D eigenvalue weighted by Gasteiger charge is -2.29. The Morgan fingerprint density at radius 1 is 0.914 bits per heavy atom. The zero-order valence-corrected chi connectivity index (χ0v) is 21.4. The molecule has 0 bridgehead atoms. The minimum absolute atomic E-state index is 0.107. The lowest BCUT2D eigenvalue weighted by molar-refractivity contribution is -0.117. The van der Waals surface area contributed by atoms with Crippen LogP contribution in [0.2, 0.25) is 0 Å². The van der Waals surface area contributed by atoms with E-state index in [0.717, 1.165) is 42.7 Å². The molecule has 35 heavy (non-hydrogen) atoms. The summed E-state index contributed by atoms with van der Waals surface area (Å²) in [5.74, 6) is 1.69. The summed E-state index contributed by atoms with van der Waals surface area (Å²) in [7, 11) is 0. The SMILES string of the molecule is C=CC(=O)NC1CCC(c2ccc(-c3ccc(C4CCC(CCCCC)CC4)cc3)c(F)c2)CC1. The summed E-state index contributed by atoms with van der Waals surface area (Å²) < 4.78 is 15.1. The van der Waals surface area contributed by atoms with E-state index in [9.17, 15) is 4.79 Å². The van der Waals surface area contributed by atoms with E-state index < -0.39 is 0 Å². The molecule has 3 heteroatoms. The van der Waals surface area contributed by atoms with Crippen molar-refractivity contribution >= 4 is 5.91 Å². The molecule has 2 nitrogen and oxygen atoms in total. The van der Waals surface area contributed by atoms with Gasteiger partial charge in [-0.1, -0.05) is 75.6 Å². The first-order valence-corrected chi connectivity index (χ1v) is 13.9. The molecule has 4 rings (SSSR count). The fourth-order valence-electron chi connectivity index (χ4n) is 6.25. The van der Waals surface area contributed by atoms with E-state index in [-0.39, 0.29) is 17.8 Å². The van der Waals surface area contributed by atoms with Crippen molar-refractivity contribution in [3.8, 4) is 11.1 Å². The summed E-state index contributed by atoms with van der Waals surface area (Å²) in [4.78, 5) is 11.5. The van der Waals surface area contributed by atoms with Gasteiger partial charge in [-0.25, -0.2) is 4.39 Å². The predicted molar refractivity (Wildman–Crippen MR) is 144 cm³/mol. The molecule has 2 aliphatic carbocycles. The Morgan fingerprint density at radius 2 is 1.54 bits per heavy atom. The third-order valence-corrected chi connectivity index (χ3v) is 8.48. The average molecular weight is 476 g/mol. The standard InChI is InChI=1S/C32H42FNO/c1-3-5-6-7-23-8-10-24(11-9-23)25-12-14-27(15-13-25)30-21-18-28(22-31(30)33)26-16-19-29(20-17-26)34-32(35)4-2/h4,12-15,18,21-24,26,29H,2-3,5-11,16-17,19-20H2,1H3,(H,34,35). The molecule has 0 aliphatic heterocycles. The molecule has 188 valence electrons. The Morgan fingerprint density at radius 3 is 2.17 bits per heavy atom. The molecule has 0 heterocycles. The summed E-state index contributed by atoms with van der Waals surface area (Å²) in [6.07, 6.45) is 15.9. The molecule has 0 radical (unpaired) electrons. The zero-order valence-electron chi connectivity index (χ0n) is 21.4. The van der Waals surface area contributed by atoms with Gasteiger partial charge in [0.15, 0.2) is 0 Å². The van der Waals surface area contributed by atoms with Crippen LogP contribution in [0.15, 0.2) is 55.1 Å². The van der Waals surface area contributed by atoms with Gasteiger partial charge in [-0.05, 0) is 98.0 Å². The zero-order chi connectivity index (χ0) is 24.6. The first-order chi connectivity index (χ1) is 17.1. The number of carbonyl (C=O) groups is 1. The smallest absolute Gasteiger partial charge is 0.243 e. The Labute approximate surface area is 211 Å². The lowest BCUT2D eigenvalue weighted by atomic mass is 9.77. The van der Waals surface area contributed by atoms with Crippen LogP contribution in [0.4, 0.5) is 4.39 Å². The van der Waals surface area contributed by atoms with E-state index in [0.29, 0.717) is 17.4 Å². The average Bonchev–Trinajstić information content (AvgIpc) is 2.90. The third kappa shape index (κ3) is 6.84. The maximum atomic E-state index is 15.1. The van der Waals surface area contributed by atoms with Gasteiger partial charge >= 0.3 is 0 Å². The van der Waals surface area contributed by atoms with Crippen molar-refractivity contribution in [2.45, 2.75) is 102 Å². The molecule has 0 saturated heterocycles. The van der Waals surface area contributed by atoms with Gasteiger partial charge in [0.05, 0.1) is 0 Å². The number of halogens is 1. The van der Waals surface area contributed by atoms with Crippen molar-refractivity contribution in [3.63, 3.8) is 0 Å². The molecule has 2 aromatic carbocycles. The number of hydrogen-bond donors (Lipinski definition) is 1. The minimum Gasteiger partial charge on any atom is -0.350 e. The Hall–Kier alpha value is -2.42. The fraction of sp³-hybridized carbons (Fsp3) is 0.531. The molecular formula is C32H42FNO. The van der Waals surface area contributed by atoms with Crippen LogP contribution >= 0.6 is 0 Å². The lowest BCUT2D eigenvalue weighted by Crippen LogP contribution is -2.36. The van der Waals surface area contributed by atoms with Crippen molar-refractivity contribution in [3.05, 3.63) is 72.1 Å². The molecule has 0 atom stereocenters. The monoisotopic (exact) mass is 475 g/mol. The highest BCUT2D eigenvalue weighted by Gasteiger charge is 2.24. The van der Waals surface area contributed by atoms with Gasteiger partial charge in [-0.3, -0.25) is 4.79 Å². The minimum atomic E-state index is -0.134. The number of rotatable bonds is 9. The van der Waals surface area contributed by atoms with E-state index in [1.807, 2.05) is 6.07 Å². The van der Waals surface area contributed by atoms with E-state index in [1.165, 1.54) is 63.0 Å². The molecule has 0 unspecified atom stereocenters. The largest absolute Gasteiger partial charge is 0.350 e. The van der Waals surface area contributed by atoms with Crippen LogP contribution in [0, 0.1) is 11.7 Å². The summed E-state index contributed by atoms with van der Waals surface area (Å²) in [5.41, 5.74) is 4.14. The third-order valence-electron chi connectivity index (χ3n) is 8.48. The van der Waals surface area contributed by atoms with E-state index in [2.05, 4.69) is 49.2 Å². The van der Waals surface area contributed by atoms with Crippen LogP contribution in [-0.2, 0) is 4.79 Å². The van der Waals surface area contributed by atoms with Crippen LogP contribution in [0.3, 0.4) is 0 Å². The maximum Gasteiger partial charge on any atom is 0.243 e. The van der Waals surface area contributed by atoms with Crippen LogP contribution in [0.25, 0.3) is 11.1 Å². The Kier molecular flexibility index (Phi) is 9.18.